The molecule has 0 fully saturated rings. The van der Waals surface area contributed by atoms with Gasteiger partial charge in [0.05, 0.1) is 17.6 Å². The number of aryl methyl sites for hydroxylation is 1. The lowest BCUT2D eigenvalue weighted by Gasteiger charge is -2.21. The number of para-hydroxylation sites is 2. The monoisotopic (exact) mass is 488 g/mol. The summed E-state index contributed by atoms with van der Waals surface area (Å²) in [5, 5.41) is 2.73. The molecule has 1 N–H and O–H groups in total. The number of aromatic nitrogens is 2. The highest BCUT2D eigenvalue weighted by Gasteiger charge is 2.26. The van der Waals surface area contributed by atoms with E-state index in [4.69, 9.17) is 4.74 Å². The molecular weight excluding hydrogens is 456 g/mol. The molecule has 1 heterocycles. The van der Waals surface area contributed by atoms with E-state index in [-0.39, 0.29) is 22.9 Å². The highest BCUT2D eigenvalue weighted by atomic mass is 32.2. The van der Waals surface area contributed by atoms with Crippen molar-refractivity contribution in [2.45, 2.75) is 52.1 Å². The Hall–Kier alpha value is -3.11. The molecule has 0 aliphatic heterocycles. The third kappa shape index (κ3) is 5.02. The van der Waals surface area contributed by atoms with Gasteiger partial charge in [0.15, 0.2) is 0 Å². The molecule has 1 aromatic heterocycles. The lowest BCUT2D eigenvalue weighted by Crippen LogP contribution is -2.31. The molecule has 0 radical (unpaired) electrons. The van der Waals surface area contributed by atoms with Crippen molar-refractivity contribution < 1.29 is 17.9 Å². The van der Waals surface area contributed by atoms with Gasteiger partial charge >= 0.3 is 5.69 Å². The standard InChI is InChI=1S/C24H32N4O5S/c1-5-15-27-19-11-9-10-12-20(19)28(24(27)30)17-23(29)25-18-13-14-21(33-8-4)22(16-18)34(31,32)26(6-2)7-3/h9-14,16H,5-8,15,17H2,1-4H3,(H,25,29). The van der Waals surface area contributed by atoms with Crippen LogP contribution in [-0.2, 0) is 27.9 Å². The van der Waals surface area contributed by atoms with Crippen molar-refractivity contribution in [2.75, 3.05) is 25.0 Å². The Morgan fingerprint density at radius 2 is 1.65 bits per heavy atom. The van der Waals surface area contributed by atoms with Gasteiger partial charge in [0, 0.05) is 25.3 Å². The predicted octanol–water partition coefficient (Wildman–Crippen LogP) is 3.28. The second-order valence-electron chi connectivity index (χ2n) is 7.74. The highest BCUT2D eigenvalue weighted by Crippen LogP contribution is 2.30. The lowest BCUT2D eigenvalue weighted by atomic mass is 10.3. The van der Waals surface area contributed by atoms with Crippen LogP contribution in [0, 0.1) is 0 Å². The van der Waals surface area contributed by atoms with Gasteiger partial charge in [-0.2, -0.15) is 4.31 Å². The largest absolute Gasteiger partial charge is 0.492 e. The summed E-state index contributed by atoms with van der Waals surface area (Å²) < 4.78 is 36.3. The number of nitrogens with zero attached hydrogens (tertiary/aromatic N) is 3. The van der Waals surface area contributed by atoms with Crippen LogP contribution in [0.2, 0.25) is 0 Å². The lowest BCUT2D eigenvalue weighted by molar-refractivity contribution is -0.116. The summed E-state index contributed by atoms with van der Waals surface area (Å²) in [6.45, 7) is 8.58. The molecule has 9 nitrogen and oxygen atoms in total. The SMILES string of the molecule is CCCn1c(=O)n(CC(=O)Nc2ccc(OCC)c(S(=O)(=O)N(CC)CC)c2)c2ccccc21. The summed E-state index contributed by atoms with van der Waals surface area (Å²) in [6, 6.07) is 11.9. The van der Waals surface area contributed by atoms with Crippen LogP contribution in [0.1, 0.15) is 34.1 Å². The van der Waals surface area contributed by atoms with Crippen LogP contribution in [0.15, 0.2) is 52.2 Å². The number of rotatable bonds is 11. The zero-order valence-electron chi connectivity index (χ0n) is 20.1. The van der Waals surface area contributed by atoms with E-state index in [1.165, 1.54) is 21.0 Å². The number of carbonyl (C=O) groups is 1. The van der Waals surface area contributed by atoms with Gasteiger partial charge in [0.1, 0.15) is 17.2 Å². The second kappa shape index (κ2) is 10.9. The first kappa shape index (κ1) is 25.5. The maximum atomic E-state index is 13.2. The van der Waals surface area contributed by atoms with Crippen LogP contribution < -0.4 is 15.7 Å². The quantitative estimate of drug-likeness (QED) is 0.446. The minimum atomic E-state index is -3.81. The van der Waals surface area contributed by atoms with E-state index in [1.807, 2.05) is 31.2 Å². The summed E-state index contributed by atoms with van der Waals surface area (Å²) >= 11 is 0. The van der Waals surface area contributed by atoms with Gasteiger partial charge in [-0.25, -0.2) is 13.2 Å². The van der Waals surface area contributed by atoms with Gasteiger partial charge < -0.3 is 10.1 Å². The fourth-order valence-electron chi connectivity index (χ4n) is 3.97. The van der Waals surface area contributed by atoms with Crippen LogP contribution in [0.3, 0.4) is 0 Å². The Labute approximate surface area is 200 Å². The molecule has 3 rings (SSSR count). The van der Waals surface area contributed by atoms with Crippen molar-refractivity contribution >= 4 is 32.7 Å². The number of hydrogen-bond donors (Lipinski definition) is 1. The van der Waals surface area contributed by atoms with Gasteiger partial charge in [-0.3, -0.25) is 13.9 Å². The van der Waals surface area contributed by atoms with E-state index in [0.717, 1.165) is 11.9 Å². The first-order valence-corrected chi connectivity index (χ1v) is 13.0. The van der Waals surface area contributed by atoms with Crippen molar-refractivity contribution in [3.05, 3.63) is 52.9 Å². The number of ether oxygens (including phenoxy) is 1. The summed E-state index contributed by atoms with van der Waals surface area (Å²) in [6.07, 6.45) is 0.788. The van der Waals surface area contributed by atoms with E-state index in [1.54, 1.807) is 31.4 Å². The number of sulfonamides is 1. The van der Waals surface area contributed by atoms with Crippen molar-refractivity contribution in [3.8, 4) is 5.75 Å². The van der Waals surface area contributed by atoms with Gasteiger partial charge in [0.25, 0.3) is 0 Å². The van der Waals surface area contributed by atoms with Crippen LogP contribution in [-0.4, -0.2) is 47.5 Å². The minimum absolute atomic E-state index is 0.00688. The van der Waals surface area contributed by atoms with Crippen molar-refractivity contribution in [3.63, 3.8) is 0 Å². The molecular formula is C24H32N4O5S. The van der Waals surface area contributed by atoms with Crippen LogP contribution in [0.5, 0.6) is 5.75 Å². The molecule has 1 amide bonds. The molecule has 10 heteroatoms. The van der Waals surface area contributed by atoms with E-state index < -0.39 is 15.9 Å². The fraction of sp³-hybridized carbons (Fsp3) is 0.417. The molecule has 0 unspecified atom stereocenters. The smallest absolute Gasteiger partial charge is 0.329 e. The van der Waals surface area contributed by atoms with Crippen LogP contribution in [0.25, 0.3) is 11.0 Å². The van der Waals surface area contributed by atoms with E-state index in [0.29, 0.717) is 37.4 Å². The molecule has 0 spiro atoms. The van der Waals surface area contributed by atoms with Gasteiger partial charge in [-0.1, -0.05) is 32.9 Å². The number of hydrogen-bond acceptors (Lipinski definition) is 5. The van der Waals surface area contributed by atoms with Crippen molar-refractivity contribution in [2.24, 2.45) is 0 Å². The molecule has 0 bridgehead atoms. The topological polar surface area (TPSA) is 103 Å². The van der Waals surface area contributed by atoms with Crippen molar-refractivity contribution in [1.29, 1.82) is 0 Å². The average Bonchev–Trinajstić information content (AvgIpc) is 3.07. The summed E-state index contributed by atoms with van der Waals surface area (Å²) in [5.74, 6) is -0.205. The Kier molecular flexibility index (Phi) is 8.16. The third-order valence-electron chi connectivity index (χ3n) is 5.52. The normalized spacial score (nSPS) is 11.8. The van der Waals surface area contributed by atoms with E-state index in [9.17, 15) is 18.0 Å². The highest BCUT2D eigenvalue weighted by molar-refractivity contribution is 7.89. The first-order chi connectivity index (χ1) is 16.3. The number of amides is 1. The van der Waals surface area contributed by atoms with Crippen LogP contribution >= 0.6 is 0 Å². The second-order valence-corrected chi connectivity index (χ2v) is 9.65. The van der Waals surface area contributed by atoms with Crippen LogP contribution in [0.4, 0.5) is 5.69 Å². The molecule has 0 aliphatic rings. The number of carbonyl (C=O) groups excluding carboxylic acids is 1. The molecule has 0 atom stereocenters. The Morgan fingerprint density at radius 3 is 2.24 bits per heavy atom. The zero-order valence-corrected chi connectivity index (χ0v) is 20.9. The molecule has 0 aliphatic carbocycles. The number of fused-ring (bicyclic) bond motifs is 1. The Morgan fingerprint density at radius 1 is 1.00 bits per heavy atom. The molecule has 0 saturated carbocycles. The number of imidazole rings is 1. The number of nitrogens with one attached hydrogen (secondary N) is 1. The molecule has 3 aromatic rings. The molecule has 2 aromatic carbocycles. The van der Waals surface area contributed by atoms with Gasteiger partial charge in [-0.05, 0) is 43.7 Å². The number of benzene rings is 2. The van der Waals surface area contributed by atoms with E-state index in [2.05, 4.69) is 5.32 Å². The zero-order chi connectivity index (χ0) is 24.9. The Bertz CT molecular complexity index is 1320. The van der Waals surface area contributed by atoms with E-state index >= 15 is 0 Å². The molecule has 34 heavy (non-hydrogen) atoms. The maximum absolute atomic E-state index is 13.2. The van der Waals surface area contributed by atoms with Gasteiger partial charge in [-0.15, -0.1) is 0 Å². The molecule has 0 saturated heterocycles. The summed E-state index contributed by atoms with van der Waals surface area (Å²) in [4.78, 5) is 25.8. The summed E-state index contributed by atoms with van der Waals surface area (Å²) in [7, 11) is -3.81. The number of anilines is 1. The average molecular weight is 489 g/mol. The van der Waals surface area contributed by atoms with Crippen molar-refractivity contribution in [1.82, 2.24) is 13.4 Å². The fourth-order valence-corrected chi connectivity index (χ4v) is 5.59. The Balaban J connectivity index is 1.93. The maximum Gasteiger partial charge on any atom is 0.329 e. The summed E-state index contributed by atoms with van der Waals surface area (Å²) in [5.41, 5.74) is 1.50. The minimum Gasteiger partial charge on any atom is -0.492 e. The third-order valence-corrected chi connectivity index (χ3v) is 7.60. The molecule has 184 valence electrons. The first-order valence-electron chi connectivity index (χ1n) is 11.5. The van der Waals surface area contributed by atoms with Gasteiger partial charge in [0.2, 0.25) is 15.9 Å². The predicted molar refractivity (Wildman–Crippen MR) is 133 cm³/mol.